The fraction of sp³-hybridized carbons (Fsp3) is 0.381. The molecule has 0 bridgehead atoms. The molecule has 1 N–H and O–H groups in total. The number of aryl methyl sites for hydroxylation is 3. The fourth-order valence-electron chi connectivity index (χ4n) is 3.00. The van der Waals surface area contributed by atoms with Crippen LogP contribution in [-0.4, -0.2) is 32.3 Å². The molecule has 2 rings (SSSR count). The van der Waals surface area contributed by atoms with Crippen molar-refractivity contribution in [1.82, 2.24) is 9.62 Å². The Bertz CT molecular complexity index is 864. The topological polar surface area (TPSA) is 66.5 Å². The van der Waals surface area contributed by atoms with E-state index in [1.807, 2.05) is 43.3 Å². The minimum Gasteiger partial charge on any atom is -0.340 e. The number of benzene rings is 2. The summed E-state index contributed by atoms with van der Waals surface area (Å²) in [5.74, 6) is 0. The number of sulfonamides is 1. The molecule has 0 unspecified atom stereocenters. The van der Waals surface area contributed by atoms with Gasteiger partial charge in [0.1, 0.15) is 0 Å². The number of hydrogen-bond acceptors (Lipinski definition) is 3. The minimum atomic E-state index is -3.90. The zero-order valence-electron chi connectivity index (χ0n) is 16.2. The van der Waals surface area contributed by atoms with Crippen LogP contribution in [0.15, 0.2) is 53.4 Å². The van der Waals surface area contributed by atoms with Crippen LogP contribution >= 0.6 is 0 Å². The highest BCUT2D eigenvalue weighted by atomic mass is 32.2. The number of carbonyl (C=O) groups is 1. The molecule has 146 valence electrons. The van der Waals surface area contributed by atoms with Gasteiger partial charge in [-0.05, 0) is 55.0 Å². The Balaban J connectivity index is 2.23. The Morgan fingerprint density at radius 1 is 1.07 bits per heavy atom. The van der Waals surface area contributed by atoms with Crippen molar-refractivity contribution in [3.63, 3.8) is 0 Å². The number of rotatable bonds is 8. The highest BCUT2D eigenvalue weighted by Gasteiger charge is 2.28. The lowest BCUT2D eigenvalue weighted by atomic mass is 10.0. The molecule has 6 heteroatoms. The Labute approximate surface area is 162 Å². The average Bonchev–Trinajstić information content (AvgIpc) is 2.67. The lowest BCUT2D eigenvalue weighted by Gasteiger charge is -2.22. The monoisotopic (exact) mass is 388 g/mol. The molecule has 0 saturated heterocycles. The van der Waals surface area contributed by atoms with Gasteiger partial charge in [-0.2, -0.15) is 0 Å². The highest BCUT2D eigenvalue weighted by Crippen LogP contribution is 2.21. The van der Waals surface area contributed by atoms with E-state index in [2.05, 4.69) is 12.2 Å². The van der Waals surface area contributed by atoms with E-state index in [0.717, 1.165) is 33.8 Å². The molecule has 5 nitrogen and oxygen atoms in total. The van der Waals surface area contributed by atoms with Gasteiger partial charge in [-0.15, -0.1) is 0 Å². The van der Waals surface area contributed by atoms with Gasteiger partial charge in [-0.1, -0.05) is 49.7 Å². The Hall–Kier alpha value is -2.34. The number of nitrogens with one attached hydrogen (secondary N) is 1. The van der Waals surface area contributed by atoms with Gasteiger partial charge in [-0.3, -0.25) is 0 Å². The predicted octanol–water partition coefficient (Wildman–Crippen LogP) is 3.91. The second-order valence-electron chi connectivity index (χ2n) is 6.56. The summed E-state index contributed by atoms with van der Waals surface area (Å²) in [4.78, 5) is 12.5. The van der Waals surface area contributed by atoms with Crippen molar-refractivity contribution >= 4 is 16.1 Å². The van der Waals surface area contributed by atoms with Crippen molar-refractivity contribution in [1.29, 1.82) is 0 Å². The van der Waals surface area contributed by atoms with Crippen LogP contribution in [0.3, 0.4) is 0 Å². The maximum Gasteiger partial charge on any atom is 0.331 e. The Kier molecular flexibility index (Phi) is 7.42. The maximum atomic E-state index is 13.1. The number of amides is 2. The van der Waals surface area contributed by atoms with E-state index < -0.39 is 16.1 Å². The molecule has 2 amide bonds. The van der Waals surface area contributed by atoms with Gasteiger partial charge >= 0.3 is 6.03 Å². The second kappa shape index (κ2) is 9.55. The molecule has 0 spiro atoms. The molecule has 27 heavy (non-hydrogen) atoms. The molecule has 0 aromatic heterocycles. The first-order valence-electron chi connectivity index (χ1n) is 9.28. The van der Waals surface area contributed by atoms with Crippen molar-refractivity contribution in [2.45, 2.75) is 44.4 Å². The zero-order chi connectivity index (χ0) is 19.9. The van der Waals surface area contributed by atoms with E-state index in [1.165, 1.54) is 7.05 Å². The molecule has 0 radical (unpaired) electrons. The molecule has 0 atom stereocenters. The number of hydrogen-bond donors (Lipinski definition) is 1. The average molecular weight is 389 g/mol. The minimum absolute atomic E-state index is 0.133. The molecule has 2 aromatic rings. The van der Waals surface area contributed by atoms with Crippen LogP contribution in [0.25, 0.3) is 0 Å². The predicted molar refractivity (Wildman–Crippen MR) is 108 cm³/mol. The molecule has 0 fully saturated rings. The van der Waals surface area contributed by atoms with Crippen LogP contribution in [-0.2, 0) is 22.9 Å². The highest BCUT2D eigenvalue weighted by molar-refractivity contribution is 7.89. The van der Waals surface area contributed by atoms with Crippen molar-refractivity contribution in [2.24, 2.45) is 0 Å². The molecule has 0 aliphatic heterocycles. The van der Waals surface area contributed by atoms with Gasteiger partial charge in [0.25, 0.3) is 10.0 Å². The van der Waals surface area contributed by atoms with E-state index in [-0.39, 0.29) is 11.4 Å². The van der Waals surface area contributed by atoms with Crippen molar-refractivity contribution < 1.29 is 13.2 Å². The van der Waals surface area contributed by atoms with Crippen LogP contribution in [0.5, 0.6) is 0 Å². The summed E-state index contributed by atoms with van der Waals surface area (Å²) >= 11 is 0. The molecular weight excluding hydrogens is 360 g/mol. The van der Waals surface area contributed by atoms with E-state index in [4.69, 9.17) is 0 Å². The summed E-state index contributed by atoms with van der Waals surface area (Å²) in [5.41, 5.74) is 3.18. The van der Waals surface area contributed by atoms with Crippen LogP contribution < -0.4 is 5.32 Å². The summed E-state index contributed by atoms with van der Waals surface area (Å²) < 4.78 is 27.2. The van der Waals surface area contributed by atoms with Crippen LogP contribution in [0.1, 0.15) is 36.5 Å². The molecule has 0 heterocycles. The van der Waals surface area contributed by atoms with Crippen molar-refractivity contribution in [3.05, 3.63) is 65.2 Å². The third-order valence-corrected chi connectivity index (χ3v) is 6.32. The first kappa shape index (κ1) is 21.0. The van der Waals surface area contributed by atoms with E-state index in [0.29, 0.717) is 12.8 Å². The Morgan fingerprint density at radius 2 is 1.78 bits per heavy atom. The summed E-state index contributed by atoms with van der Waals surface area (Å²) in [6, 6.07) is 14.3. The van der Waals surface area contributed by atoms with Crippen molar-refractivity contribution in [2.75, 3.05) is 13.6 Å². The van der Waals surface area contributed by atoms with Crippen molar-refractivity contribution in [3.8, 4) is 0 Å². The molecule has 0 saturated carbocycles. The summed E-state index contributed by atoms with van der Waals surface area (Å²) in [6.45, 7) is 4.16. The van der Waals surface area contributed by atoms with E-state index >= 15 is 0 Å². The third-order valence-electron chi connectivity index (χ3n) is 4.54. The molecule has 0 aliphatic rings. The lowest BCUT2D eigenvalue weighted by molar-refractivity contribution is 0.225. The van der Waals surface area contributed by atoms with Gasteiger partial charge in [0.15, 0.2) is 0 Å². The summed E-state index contributed by atoms with van der Waals surface area (Å²) in [5, 5.41) is 2.45. The molecule has 0 aliphatic carbocycles. The van der Waals surface area contributed by atoms with Crippen LogP contribution in [0, 0.1) is 6.92 Å². The summed E-state index contributed by atoms with van der Waals surface area (Å²) in [6.07, 6.45) is 3.01. The van der Waals surface area contributed by atoms with Crippen LogP contribution in [0.4, 0.5) is 4.79 Å². The number of urea groups is 1. The number of nitrogens with zero attached hydrogens (tertiary/aromatic N) is 1. The number of carbonyl (C=O) groups excluding carboxylic acids is 1. The Morgan fingerprint density at radius 3 is 2.41 bits per heavy atom. The largest absolute Gasteiger partial charge is 0.340 e. The third kappa shape index (κ3) is 5.32. The van der Waals surface area contributed by atoms with Gasteiger partial charge in [0.2, 0.25) is 0 Å². The fourth-order valence-corrected chi connectivity index (χ4v) is 4.47. The van der Waals surface area contributed by atoms with E-state index in [9.17, 15) is 13.2 Å². The smallest absolute Gasteiger partial charge is 0.331 e. The van der Waals surface area contributed by atoms with Gasteiger partial charge in [0, 0.05) is 13.6 Å². The van der Waals surface area contributed by atoms with Gasteiger partial charge < -0.3 is 5.32 Å². The first-order chi connectivity index (χ1) is 12.9. The van der Waals surface area contributed by atoms with Gasteiger partial charge in [-0.25, -0.2) is 17.5 Å². The molecule has 2 aromatic carbocycles. The quantitative estimate of drug-likeness (QED) is 0.745. The summed E-state index contributed by atoms with van der Waals surface area (Å²) in [7, 11) is -2.46. The van der Waals surface area contributed by atoms with Crippen LogP contribution in [0.2, 0.25) is 0 Å². The lowest BCUT2D eigenvalue weighted by Crippen LogP contribution is -2.43. The van der Waals surface area contributed by atoms with E-state index in [1.54, 1.807) is 12.1 Å². The standard InChI is InChI=1S/C21H28N2O3S/c1-4-9-19-16-20(14-13-17(19)2)27(25,26)23(21(24)22-3)15-8-12-18-10-6-5-7-11-18/h5-7,10-11,13-14,16H,4,8-9,12,15H2,1-3H3,(H,22,24). The zero-order valence-corrected chi connectivity index (χ0v) is 17.1. The maximum absolute atomic E-state index is 13.1. The SMILES string of the molecule is CCCc1cc(S(=O)(=O)N(CCCc2ccccc2)C(=O)NC)ccc1C. The first-order valence-corrected chi connectivity index (χ1v) is 10.7. The second-order valence-corrected chi connectivity index (χ2v) is 8.42. The normalized spacial score (nSPS) is 11.2. The molecular formula is C21H28N2O3S. The van der Waals surface area contributed by atoms with Gasteiger partial charge in [0.05, 0.1) is 4.90 Å².